The number of carbonyl (C=O) groups excluding carboxylic acids is 1. The van der Waals surface area contributed by atoms with Crippen molar-refractivity contribution >= 4 is 27.6 Å². The van der Waals surface area contributed by atoms with Gasteiger partial charge in [0.05, 0.1) is 5.97 Å². The summed E-state index contributed by atoms with van der Waals surface area (Å²) < 4.78 is 0.585. The van der Waals surface area contributed by atoms with Crippen LogP contribution in [-0.4, -0.2) is 5.97 Å². The van der Waals surface area contributed by atoms with Gasteiger partial charge in [0.1, 0.15) is 0 Å². The minimum Gasteiger partial charge on any atom is -0.545 e. The average molecular weight is 229 g/mol. The Hall–Kier alpha value is -1.03. The zero-order valence-corrected chi connectivity index (χ0v) is 8.01. The Morgan fingerprint density at radius 3 is 2.58 bits per heavy atom. The van der Waals surface area contributed by atoms with Crippen molar-refractivity contribution in [3.63, 3.8) is 0 Å². The molecule has 12 heavy (non-hydrogen) atoms. The molecule has 0 amide bonds. The van der Waals surface area contributed by atoms with Crippen molar-refractivity contribution in [2.75, 3.05) is 5.73 Å². The second-order valence-electron chi connectivity index (χ2n) is 2.48. The predicted octanol–water partition coefficient (Wildman–Crippen LogP) is 0.703. The van der Waals surface area contributed by atoms with Gasteiger partial charge in [0, 0.05) is 10.2 Å². The first-order valence-electron chi connectivity index (χ1n) is 3.29. The van der Waals surface area contributed by atoms with E-state index >= 15 is 0 Å². The van der Waals surface area contributed by atoms with E-state index in [0.717, 1.165) is 5.56 Å². The number of halogens is 1. The van der Waals surface area contributed by atoms with E-state index in [9.17, 15) is 9.90 Å². The number of carboxylic acids is 1. The van der Waals surface area contributed by atoms with Crippen LogP contribution in [0.3, 0.4) is 0 Å². The number of rotatable bonds is 1. The van der Waals surface area contributed by atoms with Crippen LogP contribution in [0.5, 0.6) is 0 Å². The normalized spacial score (nSPS) is 9.83. The van der Waals surface area contributed by atoms with Crippen molar-refractivity contribution < 1.29 is 9.90 Å². The lowest BCUT2D eigenvalue weighted by molar-refractivity contribution is -0.255. The molecule has 2 N–H and O–H groups in total. The fraction of sp³-hybridized carbons (Fsp3) is 0.125. The van der Waals surface area contributed by atoms with Crippen LogP contribution in [0.2, 0.25) is 0 Å². The highest BCUT2D eigenvalue weighted by molar-refractivity contribution is 9.10. The van der Waals surface area contributed by atoms with Crippen molar-refractivity contribution in [1.82, 2.24) is 0 Å². The van der Waals surface area contributed by atoms with Crippen molar-refractivity contribution in [1.29, 1.82) is 0 Å². The summed E-state index contributed by atoms with van der Waals surface area (Å²) in [5, 5.41) is 10.4. The molecule has 0 spiro atoms. The molecule has 3 nitrogen and oxygen atoms in total. The van der Waals surface area contributed by atoms with E-state index in [4.69, 9.17) is 5.73 Å². The lowest BCUT2D eigenvalue weighted by atomic mass is 10.1. The SMILES string of the molecule is Cc1cc(C(=O)[O-])cc(Br)c1N. The molecule has 1 rings (SSSR count). The number of anilines is 1. The number of hydrogen-bond donors (Lipinski definition) is 1. The minimum absolute atomic E-state index is 0.133. The Labute approximate surface area is 78.3 Å². The number of aromatic carboxylic acids is 1. The summed E-state index contributed by atoms with van der Waals surface area (Å²) in [7, 11) is 0. The third kappa shape index (κ3) is 1.58. The summed E-state index contributed by atoms with van der Waals surface area (Å²) in [4.78, 5) is 10.4. The van der Waals surface area contributed by atoms with Crippen molar-refractivity contribution in [3.05, 3.63) is 27.7 Å². The van der Waals surface area contributed by atoms with Gasteiger partial charge in [-0.1, -0.05) is 0 Å². The fourth-order valence-corrected chi connectivity index (χ4v) is 1.43. The van der Waals surface area contributed by atoms with E-state index in [2.05, 4.69) is 15.9 Å². The minimum atomic E-state index is -1.20. The molecule has 0 saturated heterocycles. The van der Waals surface area contributed by atoms with Gasteiger partial charge in [-0.15, -0.1) is 0 Å². The number of aryl methyl sites for hydroxylation is 1. The van der Waals surface area contributed by atoms with Crippen LogP contribution in [0.1, 0.15) is 15.9 Å². The first kappa shape index (κ1) is 9.06. The molecule has 0 heterocycles. The zero-order valence-electron chi connectivity index (χ0n) is 6.43. The first-order chi connectivity index (χ1) is 5.52. The topological polar surface area (TPSA) is 66.1 Å². The second-order valence-corrected chi connectivity index (χ2v) is 3.33. The molecular formula is C8H7BrNO2-. The molecule has 0 radical (unpaired) electrons. The summed E-state index contributed by atoms with van der Waals surface area (Å²) in [5.41, 5.74) is 7.00. The van der Waals surface area contributed by atoms with Crippen LogP contribution in [0.15, 0.2) is 16.6 Å². The molecule has 0 aliphatic rings. The van der Waals surface area contributed by atoms with Gasteiger partial charge in [-0.3, -0.25) is 0 Å². The predicted molar refractivity (Wildman–Crippen MR) is 47.6 cm³/mol. The van der Waals surface area contributed by atoms with Gasteiger partial charge in [-0.2, -0.15) is 0 Å². The molecular weight excluding hydrogens is 222 g/mol. The Morgan fingerprint density at radius 1 is 1.58 bits per heavy atom. The van der Waals surface area contributed by atoms with Gasteiger partial charge in [0.2, 0.25) is 0 Å². The van der Waals surface area contributed by atoms with Crippen molar-refractivity contribution in [3.8, 4) is 0 Å². The highest BCUT2D eigenvalue weighted by Gasteiger charge is 2.02. The number of nitrogens with two attached hydrogens (primary N) is 1. The highest BCUT2D eigenvalue weighted by atomic mass is 79.9. The van der Waals surface area contributed by atoms with Gasteiger partial charge in [-0.05, 0) is 46.1 Å². The summed E-state index contributed by atoms with van der Waals surface area (Å²) in [6.07, 6.45) is 0. The molecule has 4 heteroatoms. The van der Waals surface area contributed by atoms with Gasteiger partial charge in [0.25, 0.3) is 0 Å². The zero-order chi connectivity index (χ0) is 9.30. The third-order valence-electron chi connectivity index (χ3n) is 1.57. The van der Waals surface area contributed by atoms with Crippen LogP contribution >= 0.6 is 15.9 Å². The van der Waals surface area contributed by atoms with E-state index in [0.29, 0.717) is 10.2 Å². The molecule has 64 valence electrons. The molecule has 0 aromatic heterocycles. The van der Waals surface area contributed by atoms with Crippen LogP contribution in [0.25, 0.3) is 0 Å². The maximum atomic E-state index is 10.4. The van der Waals surface area contributed by atoms with E-state index in [1.807, 2.05) is 0 Å². The molecule has 1 aromatic rings. The Bertz CT molecular complexity index is 313. The molecule has 0 aliphatic carbocycles. The largest absolute Gasteiger partial charge is 0.545 e. The highest BCUT2D eigenvalue weighted by Crippen LogP contribution is 2.24. The Morgan fingerprint density at radius 2 is 2.17 bits per heavy atom. The second kappa shape index (κ2) is 3.15. The van der Waals surface area contributed by atoms with Gasteiger partial charge >= 0.3 is 0 Å². The van der Waals surface area contributed by atoms with Crippen molar-refractivity contribution in [2.45, 2.75) is 6.92 Å². The molecule has 0 atom stereocenters. The number of hydrogen-bond acceptors (Lipinski definition) is 3. The average Bonchev–Trinajstić information content (AvgIpc) is 1.99. The summed E-state index contributed by atoms with van der Waals surface area (Å²) in [6, 6.07) is 2.91. The van der Waals surface area contributed by atoms with Gasteiger partial charge in [0.15, 0.2) is 0 Å². The van der Waals surface area contributed by atoms with Crippen LogP contribution in [0, 0.1) is 6.92 Å². The molecule has 0 saturated carbocycles. The number of carbonyl (C=O) groups is 1. The molecule has 0 unspecified atom stereocenters. The number of nitrogen functional groups attached to an aromatic ring is 1. The van der Waals surface area contributed by atoms with E-state index < -0.39 is 5.97 Å². The van der Waals surface area contributed by atoms with Gasteiger partial charge < -0.3 is 15.6 Å². The van der Waals surface area contributed by atoms with Crippen molar-refractivity contribution in [2.24, 2.45) is 0 Å². The quantitative estimate of drug-likeness (QED) is 0.721. The maximum absolute atomic E-state index is 10.4. The van der Waals surface area contributed by atoms with Crippen LogP contribution in [-0.2, 0) is 0 Å². The smallest absolute Gasteiger partial charge is 0.0715 e. The summed E-state index contributed by atoms with van der Waals surface area (Å²) in [5.74, 6) is -1.20. The lowest BCUT2D eigenvalue weighted by Gasteiger charge is -2.07. The standard InChI is InChI=1S/C8H8BrNO2/c1-4-2-5(8(11)12)3-6(9)7(4)10/h2-3H,10H2,1H3,(H,11,12)/p-1. The monoisotopic (exact) mass is 228 g/mol. The molecule has 0 fully saturated rings. The summed E-state index contributed by atoms with van der Waals surface area (Å²) >= 11 is 3.15. The number of benzene rings is 1. The Balaban J connectivity index is 3.31. The molecule has 0 bridgehead atoms. The van der Waals surface area contributed by atoms with E-state index in [1.165, 1.54) is 12.1 Å². The van der Waals surface area contributed by atoms with Crippen LogP contribution in [0.4, 0.5) is 5.69 Å². The van der Waals surface area contributed by atoms with Gasteiger partial charge in [-0.25, -0.2) is 0 Å². The number of carboxylic acid groups (broad SMARTS) is 1. The summed E-state index contributed by atoms with van der Waals surface area (Å²) in [6.45, 7) is 1.74. The fourth-order valence-electron chi connectivity index (χ4n) is 0.873. The maximum Gasteiger partial charge on any atom is 0.0715 e. The lowest BCUT2D eigenvalue weighted by Crippen LogP contribution is -2.22. The van der Waals surface area contributed by atoms with E-state index in [-0.39, 0.29) is 5.56 Å². The third-order valence-corrected chi connectivity index (χ3v) is 2.23. The molecule has 1 aromatic carbocycles. The molecule has 0 aliphatic heterocycles. The first-order valence-corrected chi connectivity index (χ1v) is 4.08. The van der Waals surface area contributed by atoms with E-state index in [1.54, 1.807) is 6.92 Å². The van der Waals surface area contributed by atoms with Crippen LogP contribution < -0.4 is 10.8 Å². The Kier molecular flexibility index (Phi) is 2.38.